The van der Waals surface area contributed by atoms with Crippen LogP contribution in [0.4, 0.5) is 5.69 Å². The number of rotatable bonds is 5. The Balaban J connectivity index is 1.59. The van der Waals surface area contributed by atoms with Crippen LogP contribution >= 0.6 is 23.1 Å². The number of thiophene rings is 1. The number of nitriles is 1. The number of carbonyl (C=O) groups excluding carboxylic acids is 2. The van der Waals surface area contributed by atoms with Gasteiger partial charge in [0, 0.05) is 15.5 Å². The van der Waals surface area contributed by atoms with Gasteiger partial charge in [0.25, 0.3) is 5.91 Å². The predicted molar refractivity (Wildman–Crippen MR) is 112 cm³/mol. The zero-order valence-corrected chi connectivity index (χ0v) is 17.6. The second-order valence-corrected chi connectivity index (χ2v) is 8.86. The van der Waals surface area contributed by atoms with Gasteiger partial charge in [-0.15, -0.1) is 11.3 Å². The molecule has 5 nitrogen and oxygen atoms in total. The number of anilines is 1. The van der Waals surface area contributed by atoms with Crippen molar-refractivity contribution in [1.29, 1.82) is 5.26 Å². The summed E-state index contributed by atoms with van der Waals surface area (Å²) in [6, 6.07) is 5.62. The van der Waals surface area contributed by atoms with Gasteiger partial charge in [0.1, 0.15) is 10.3 Å². The van der Waals surface area contributed by atoms with Crippen molar-refractivity contribution in [3.8, 4) is 5.40 Å². The molecule has 28 heavy (non-hydrogen) atoms. The zero-order valence-electron chi connectivity index (χ0n) is 16.0. The molecule has 1 aromatic carbocycles. The van der Waals surface area contributed by atoms with Crippen LogP contribution in [0.3, 0.4) is 0 Å². The molecule has 0 saturated heterocycles. The molecule has 1 amide bonds. The topological polar surface area (TPSA) is 79.2 Å². The summed E-state index contributed by atoms with van der Waals surface area (Å²) in [4.78, 5) is 27.3. The van der Waals surface area contributed by atoms with Crippen molar-refractivity contribution in [2.75, 3.05) is 11.9 Å². The van der Waals surface area contributed by atoms with Gasteiger partial charge in [-0.3, -0.25) is 4.79 Å². The van der Waals surface area contributed by atoms with Crippen molar-refractivity contribution < 1.29 is 14.3 Å². The third kappa shape index (κ3) is 4.94. The summed E-state index contributed by atoms with van der Waals surface area (Å²) in [5.41, 5.74) is 3.66. The monoisotopic (exact) mass is 414 g/mol. The van der Waals surface area contributed by atoms with Crippen molar-refractivity contribution in [2.45, 2.75) is 50.8 Å². The maximum atomic E-state index is 12.3. The highest BCUT2D eigenvalue weighted by Crippen LogP contribution is 2.30. The molecule has 2 aromatic rings. The largest absolute Gasteiger partial charge is 0.451 e. The van der Waals surface area contributed by atoms with E-state index in [1.807, 2.05) is 37.4 Å². The Bertz CT molecular complexity index is 897. The first-order chi connectivity index (χ1) is 13.5. The summed E-state index contributed by atoms with van der Waals surface area (Å²) in [6.07, 6.45) is 5.58. The Morgan fingerprint density at radius 2 is 1.89 bits per heavy atom. The third-order valence-corrected chi connectivity index (χ3v) is 6.50. The number of benzene rings is 1. The van der Waals surface area contributed by atoms with Crippen molar-refractivity contribution >= 4 is 40.7 Å². The minimum atomic E-state index is -0.442. The average molecular weight is 415 g/mol. The number of esters is 1. The number of ether oxygens (including phenoxy) is 1. The lowest BCUT2D eigenvalue weighted by molar-refractivity contribution is -0.119. The van der Waals surface area contributed by atoms with Gasteiger partial charge in [0.2, 0.25) is 0 Å². The molecule has 0 unspecified atom stereocenters. The molecule has 0 bridgehead atoms. The van der Waals surface area contributed by atoms with Crippen LogP contribution in [0.2, 0.25) is 0 Å². The van der Waals surface area contributed by atoms with E-state index in [0.717, 1.165) is 53.5 Å². The van der Waals surface area contributed by atoms with E-state index >= 15 is 0 Å². The number of carbonyl (C=O) groups is 2. The van der Waals surface area contributed by atoms with Crippen LogP contribution < -0.4 is 5.32 Å². The lowest BCUT2D eigenvalue weighted by Gasteiger charge is -2.13. The molecule has 1 aliphatic rings. The van der Waals surface area contributed by atoms with Gasteiger partial charge in [-0.05, 0) is 86.2 Å². The number of aryl methyl sites for hydroxylation is 4. The molecule has 146 valence electrons. The van der Waals surface area contributed by atoms with E-state index in [-0.39, 0.29) is 12.5 Å². The molecule has 1 aliphatic carbocycles. The first-order valence-electron chi connectivity index (χ1n) is 9.23. The predicted octanol–water partition coefficient (Wildman–Crippen LogP) is 5.00. The van der Waals surface area contributed by atoms with Gasteiger partial charge >= 0.3 is 5.97 Å². The highest BCUT2D eigenvalue weighted by atomic mass is 32.2. The maximum absolute atomic E-state index is 12.3. The number of nitrogens with one attached hydrogen (secondary N) is 1. The fourth-order valence-corrected chi connectivity index (χ4v) is 5.10. The Kier molecular flexibility index (Phi) is 6.76. The quantitative estimate of drug-likeness (QED) is 0.322. The van der Waals surface area contributed by atoms with E-state index in [9.17, 15) is 9.59 Å². The molecule has 0 spiro atoms. The Morgan fingerprint density at radius 3 is 2.61 bits per heavy atom. The first kappa shape index (κ1) is 20.4. The summed E-state index contributed by atoms with van der Waals surface area (Å²) in [7, 11) is 0. The number of hydrogen-bond donors (Lipinski definition) is 1. The number of nitrogens with zero attached hydrogens (tertiary/aromatic N) is 1. The lowest BCUT2D eigenvalue weighted by Crippen LogP contribution is -2.21. The number of hydrogen-bond acceptors (Lipinski definition) is 6. The van der Waals surface area contributed by atoms with Crippen molar-refractivity contribution in [1.82, 2.24) is 0 Å². The molecule has 0 aliphatic heterocycles. The second-order valence-electron chi connectivity index (χ2n) is 6.87. The molecular formula is C21H22N2O3S2. The van der Waals surface area contributed by atoms with Gasteiger partial charge in [-0.2, -0.15) is 5.26 Å². The summed E-state index contributed by atoms with van der Waals surface area (Å²) in [6.45, 7) is 3.42. The summed E-state index contributed by atoms with van der Waals surface area (Å²) in [5.74, 6) is -0.819. The smallest absolute Gasteiger partial charge is 0.348 e. The van der Waals surface area contributed by atoms with E-state index in [1.54, 1.807) is 0 Å². The number of thiocyanates is 1. The fraction of sp³-hybridized carbons (Fsp3) is 0.381. The molecule has 1 aromatic heterocycles. The number of amides is 1. The van der Waals surface area contributed by atoms with E-state index in [2.05, 4.69) is 5.32 Å². The minimum absolute atomic E-state index is 0.324. The van der Waals surface area contributed by atoms with Gasteiger partial charge in [-0.25, -0.2) is 4.79 Å². The molecular weight excluding hydrogens is 392 g/mol. The number of thioether (sulfide) groups is 1. The molecule has 7 heteroatoms. The minimum Gasteiger partial charge on any atom is -0.451 e. The molecule has 0 saturated carbocycles. The van der Waals surface area contributed by atoms with Crippen LogP contribution in [0.15, 0.2) is 23.1 Å². The SMILES string of the molecule is Cc1cc(SC#N)cc(C)c1NC(=O)COC(=O)c1cc2c(s1)CCCCC2. The van der Waals surface area contributed by atoms with E-state index < -0.39 is 5.97 Å². The summed E-state index contributed by atoms with van der Waals surface area (Å²) in [5, 5.41) is 13.6. The van der Waals surface area contributed by atoms with Crippen LogP contribution in [0.25, 0.3) is 0 Å². The molecule has 3 rings (SSSR count). The van der Waals surface area contributed by atoms with Crippen molar-refractivity contribution in [2.24, 2.45) is 0 Å². The van der Waals surface area contributed by atoms with Crippen LogP contribution in [-0.2, 0) is 22.4 Å². The molecule has 1 heterocycles. The Hall–Kier alpha value is -2.30. The van der Waals surface area contributed by atoms with E-state index in [0.29, 0.717) is 10.6 Å². The van der Waals surface area contributed by atoms with Crippen LogP contribution in [0, 0.1) is 24.5 Å². The van der Waals surface area contributed by atoms with Gasteiger partial charge in [0.05, 0.1) is 0 Å². The van der Waals surface area contributed by atoms with E-state index in [1.165, 1.54) is 28.2 Å². The standard InChI is InChI=1S/C21H22N2O3S2/c1-13-8-16(27-12-22)9-14(2)20(13)23-19(24)11-26-21(25)18-10-15-6-4-3-5-7-17(15)28-18/h8-10H,3-7,11H2,1-2H3,(H,23,24). The van der Waals surface area contributed by atoms with Crippen molar-refractivity contribution in [3.63, 3.8) is 0 Å². The van der Waals surface area contributed by atoms with Gasteiger partial charge in [-0.1, -0.05) is 6.42 Å². The Labute approximate surface area is 173 Å². The molecule has 0 radical (unpaired) electrons. The van der Waals surface area contributed by atoms with E-state index in [4.69, 9.17) is 10.00 Å². The Morgan fingerprint density at radius 1 is 1.18 bits per heavy atom. The maximum Gasteiger partial charge on any atom is 0.348 e. The summed E-state index contributed by atoms with van der Waals surface area (Å²) < 4.78 is 5.23. The normalized spacial score (nSPS) is 13.2. The van der Waals surface area contributed by atoms with Gasteiger partial charge in [0.15, 0.2) is 6.61 Å². The van der Waals surface area contributed by atoms with Crippen LogP contribution in [0.1, 0.15) is 50.5 Å². The summed E-state index contributed by atoms with van der Waals surface area (Å²) >= 11 is 2.57. The first-order valence-corrected chi connectivity index (χ1v) is 10.9. The zero-order chi connectivity index (χ0) is 20.1. The average Bonchev–Trinajstić information content (AvgIpc) is 2.94. The number of fused-ring (bicyclic) bond motifs is 1. The molecule has 1 N–H and O–H groups in total. The third-order valence-electron chi connectivity index (χ3n) is 4.72. The highest BCUT2D eigenvalue weighted by molar-refractivity contribution is 8.03. The highest BCUT2D eigenvalue weighted by Gasteiger charge is 2.18. The molecule has 0 atom stereocenters. The fourth-order valence-electron chi connectivity index (χ4n) is 3.38. The van der Waals surface area contributed by atoms with Crippen LogP contribution in [-0.4, -0.2) is 18.5 Å². The lowest BCUT2D eigenvalue weighted by atomic mass is 10.1. The van der Waals surface area contributed by atoms with Gasteiger partial charge < -0.3 is 10.1 Å². The van der Waals surface area contributed by atoms with Crippen LogP contribution in [0.5, 0.6) is 0 Å². The van der Waals surface area contributed by atoms with Crippen molar-refractivity contribution in [3.05, 3.63) is 44.6 Å². The molecule has 0 fully saturated rings. The second kappa shape index (κ2) is 9.26.